The van der Waals surface area contributed by atoms with Crippen molar-refractivity contribution in [1.82, 2.24) is 0 Å². The molecule has 0 saturated carbocycles. The predicted molar refractivity (Wildman–Crippen MR) is 546 cm³/mol. The van der Waals surface area contributed by atoms with Gasteiger partial charge in [-0.3, -0.25) is 0 Å². The lowest BCUT2D eigenvalue weighted by Gasteiger charge is -2.45. The Labute approximate surface area is 832 Å². The molecular weight excluding hydrogens is 1860 g/mol. The van der Waals surface area contributed by atoms with Crippen LogP contribution in [0.4, 0.5) is 38.5 Å². The third-order valence-corrected chi connectivity index (χ3v) is 28.7. The van der Waals surface area contributed by atoms with Crippen LogP contribution in [0.3, 0.4) is 0 Å². The van der Waals surface area contributed by atoms with Crippen LogP contribution in [-0.4, -0.2) is 142 Å². The van der Waals surface area contributed by atoms with Crippen LogP contribution in [0.2, 0.25) is 5.02 Å². The van der Waals surface area contributed by atoms with Gasteiger partial charge in [0.15, 0.2) is 0 Å². The van der Waals surface area contributed by atoms with E-state index in [4.69, 9.17) is 68.4 Å². The van der Waals surface area contributed by atoms with Gasteiger partial charge in [-0.2, -0.15) is 0 Å². The summed E-state index contributed by atoms with van der Waals surface area (Å²) in [4.78, 5) is 0. The summed E-state index contributed by atoms with van der Waals surface area (Å²) >= 11 is 9.64. The highest BCUT2D eigenvalue weighted by atomic mass is 79.9. The summed E-state index contributed by atoms with van der Waals surface area (Å²) in [6.07, 6.45) is -1.69. The number of hydrogen-bond donors (Lipinski definition) is 10. The SMILES string of the molecule is CC(C)(C)c1ccc2c(c1)C1OC(CO)COC1C(c1ccccc1)N2.CC(C)(C)c1ccc2c(c1)[C@H]1OCCO[C@H]1[C@H](c1ccccc1F)N2.CC(C)c1ccc2c(c1)C1OCCOC1C(c1ccccc1)N2.Cc1ccc2c(c1)[C@H]1OCCO[C@H]1[C@H](c1cccc(O)c1)N2.Oc1cccc(C2Nc3ccc(Br)cc3C3OCCOC23)c1.Oc1cccc(C2Nc3ccc(Cl)cc3C3OCCOC23)c1. The lowest BCUT2D eigenvalue weighted by molar-refractivity contribution is -0.199. The number of fused-ring (bicyclic) bond motifs is 18. The molecule has 24 rings (SSSR count). The Morgan fingerprint density at radius 1 is 0.336 bits per heavy atom. The monoisotopic (exact) mass is 1980 g/mol. The van der Waals surface area contributed by atoms with Crippen molar-refractivity contribution in [2.75, 3.05) is 111 Å². The van der Waals surface area contributed by atoms with Gasteiger partial charge in [-0.1, -0.05) is 252 Å². The third-order valence-electron chi connectivity index (χ3n) is 28.0. The third kappa shape index (κ3) is 21.5. The summed E-state index contributed by atoms with van der Waals surface area (Å²) in [5.74, 6) is 1.06. The fraction of sp³-hybridized carbons (Fsp3) is 0.374. The van der Waals surface area contributed by atoms with E-state index in [1.165, 1.54) is 45.0 Å². The average molecular weight is 1980 g/mol. The molecule has 0 spiro atoms. The highest BCUT2D eigenvalue weighted by Crippen LogP contribution is 2.54. The molecule has 12 aromatic rings. The van der Waals surface area contributed by atoms with Gasteiger partial charge in [-0.05, 0) is 171 Å². The fourth-order valence-electron chi connectivity index (χ4n) is 20.9. The van der Waals surface area contributed by atoms with Crippen LogP contribution < -0.4 is 31.9 Å². The Hall–Kier alpha value is -11.0. The van der Waals surface area contributed by atoms with Gasteiger partial charge in [0.05, 0.1) is 116 Å². The zero-order valence-electron chi connectivity index (χ0n) is 80.3. The van der Waals surface area contributed by atoms with Gasteiger partial charge < -0.3 is 109 Å². The molecular formula is C115H125BrClFN6O16. The molecule has 12 heterocycles. The lowest BCUT2D eigenvalue weighted by atomic mass is 9.81. The molecule has 0 amide bonds. The van der Waals surface area contributed by atoms with Crippen LogP contribution >= 0.6 is 27.5 Å². The van der Waals surface area contributed by atoms with Crippen LogP contribution in [0.5, 0.6) is 17.2 Å². The molecule has 140 heavy (non-hydrogen) atoms. The first kappa shape index (κ1) is 97.8. The maximum Gasteiger partial charge on any atom is 0.128 e. The maximum absolute atomic E-state index is 14.4. The second kappa shape index (κ2) is 43.1. The van der Waals surface area contributed by atoms with E-state index >= 15 is 0 Å². The number of hydrogen-bond acceptors (Lipinski definition) is 22. The van der Waals surface area contributed by atoms with Crippen molar-refractivity contribution in [1.29, 1.82) is 0 Å². The zero-order valence-corrected chi connectivity index (χ0v) is 82.6. The second-order valence-electron chi connectivity index (χ2n) is 39.8. The summed E-state index contributed by atoms with van der Waals surface area (Å²) in [5, 5.41) is 60.9. The van der Waals surface area contributed by atoms with E-state index in [1.807, 2.05) is 103 Å². The van der Waals surface area contributed by atoms with Crippen LogP contribution in [0, 0.1) is 12.7 Å². The molecule has 6 fully saturated rings. The number of anilines is 6. The normalized spacial score (nSPS) is 26.7. The fourth-order valence-corrected chi connectivity index (χ4v) is 21.5. The molecule has 12 aliphatic heterocycles. The largest absolute Gasteiger partial charge is 0.508 e. The van der Waals surface area contributed by atoms with E-state index < -0.39 is 0 Å². The van der Waals surface area contributed by atoms with Gasteiger partial charge in [0.1, 0.15) is 102 Å². The second-order valence-corrected chi connectivity index (χ2v) is 41.2. The number of halogens is 3. The standard InChI is InChI=1S/C22H27NO3.C21H24FNO2.C20H23NO2.C18H19NO3.C17H16BrNO3.C17H16ClNO3/c1-22(2,3)15-9-10-18-17(11-15)20-21(25-13-16(12-24)26-20)19(23-18)14-7-5-4-6-8-14;1-21(2,3)13-8-9-17-15(12-13)19-20(25-11-10-24-19)18(23-17)14-6-4-5-7-16(14)22;1-13(2)15-8-9-17-16(12-15)19-20(23-11-10-22-19)18(21-17)14-6-4-3-5-7-14;1-11-5-6-15-14(9-11)17-18(22-8-7-21-17)16(19-15)12-3-2-4-13(20)10-12;2*18-11-4-5-14-13(9-11)16-17(22-7-6-21-16)15(19-14)10-2-1-3-12(20)8-10/h4-11,16,19-21,23-24H,12-13H2,1-3H3;4-9,12,18-20,23H,10-11H2,1-3H3;3-9,12-13,18-21H,10-11H2,1-2H3;2-6,9-10,16-20H,7-8H2,1H3;2*1-5,8-9,15-17,19-20H,6-7H2/t;18-,19+,20-;;16-,17+,18-;;/m.0.0../s1. The van der Waals surface area contributed by atoms with Gasteiger partial charge in [0.25, 0.3) is 0 Å². The number of aromatic hydroxyl groups is 3. The van der Waals surface area contributed by atoms with Gasteiger partial charge in [-0.25, -0.2) is 4.39 Å². The van der Waals surface area contributed by atoms with Gasteiger partial charge >= 0.3 is 0 Å². The van der Waals surface area contributed by atoms with Crippen molar-refractivity contribution in [2.45, 2.75) is 195 Å². The van der Waals surface area contributed by atoms with Crippen LogP contribution in [0.25, 0.3) is 0 Å². The molecule has 0 bridgehead atoms. The molecule has 0 radical (unpaired) electrons. The summed E-state index contributed by atoms with van der Waals surface area (Å²) in [6.45, 7) is 26.1. The summed E-state index contributed by atoms with van der Waals surface area (Å²) < 4.78 is 88.2. The van der Waals surface area contributed by atoms with Gasteiger partial charge in [-0.15, -0.1) is 0 Å². The predicted octanol–water partition coefficient (Wildman–Crippen LogP) is 23.9. The molecule has 6 saturated heterocycles. The number of benzene rings is 12. The first-order valence-corrected chi connectivity index (χ1v) is 50.0. The highest BCUT2D eigenvalue weighted by molar-refractivity contribution is 9.10. The minimum Gasteiger partial charge on any atom is -0.508 e. The van der Waals surface area contributed by atoms with E-state index in [9.17, 15) is 24.8 Å². The van der Waals surface area contributed by atoms with Gasteiger partial charge in [0.2, 0.25) is 0 Å². The van der Waals surface area contributed by atoms with Crippen molar-refractivity contribution in [2.24, 2.45) is 0 Å². The maximum atomic E-state index is 14.4. The number of phenols is 3. The molecule has 25 heteroatoms. The van der Waals surface area contributed by atoms with Crippen molar-refractivity contribution in [3.8, 4) is 17.2 Å². The number of nitrogens with one attached hydrogen (secondary N) is 6. The molecule has 12 aliphatic rings. The molecule has 12 aromatic carbocycles. The molecule has 732 valence electrons. The van der Waals surface area contributed by atoms with Crippen molar-refractivity contribution in [3.63, 3.8) is 0 Å². The smallest absolute Gasteiger partial charge is 0.128 e. The highest BCUT2D eigenvalue weighted by Gasteiger charge is 2.49. The molecule has 19 atom stereocenters. The molecule has 0 aromatic heterocycles. The average Bonchev–Trinajstić information content (AvgIpc) is 0.759. The number of aliphatic hydroxyl groups excluding tert-OH is 1. The molecule has 22 nitrogen and oxygen atoms in total. The lowest BCUT2D eigenvalue weighted by Crippen LogP contribution is -2.47. The number of aryl methyl sites for hydroxylation is 1. The van der Waals surface area contributed by atoms with Crippen molar-refractivity contribution >= 4 is 61.7 Å². The Morgan fingerprint density at radius 3 is 1.09 bits per heavy atom. The van der Waals surface area contributed by atoms with Crippen LogP contribution in [0.1, 0.15) is 223 Å². The Kier molecular flexibility index (Phi) is 30.1. The Bertz CT molecular complexity index is 6010. The Balaban J connectivity index is 0.000000107. The molecule has 13 unspecified atom stereocenters. The van der Waals surface area contributed by atoms with Gasteiger partial charge in [0, 0.05) is 82.6 Å². The minimum absolute atomic E-state index is 0.00362. The zero-order chi connectivity index (χ0) is 97.0. The first-order chi connectivity index (χ1) is 67.8. The van der Waals surface area contributed by atoms with E-state index in [0.29, 0.717) is 89.2 Å². The number of rotatable bonds is 8. The van der Waals surface area contributed by atoms with E-state index in [1.54, 1.807) is 42.5 Å². The summed E-state index contributed by atoms with van der Waals surface area (Å²) in [7, 11) is 0. The van der Waals surface area contributed by atoms with E-state index in [2.05, 4.69) is 225 Å². The number of phenolic OH excluding ortho intramolecular Hbond substituents is 3. The summed E-state index contributed by atoms with van der Waals surface area (Å²) in [5.41, 5.74) is 24.3. The number of aliphatic hydroxyl groups is 1. The molecule has 0 aliphatic carbocycles. The number of ether oxygens (including phenoxy) is 12. The minimum atomic E-state index is -0.281. The van der Waals surface area contributed by atoms with Crippen molar-refractivity contribution in [3.05, 3.63) is 371 Å². The van der Waals surface area contributed by atoms with Crippen LogP contribution in [-0.2, 0) is 67.7 Å². The summed E-state index contributed by atoms with van der Waals surface area (Å²) in [6, 6.07) is 87.2. The first-order valence-electron chi connectivity index (χ1n) is 48.8. The van der Waals surface area contributed by atoms with E-state index in [-0.39, 0.29) is 156 Å². The molecule has 10 N–H and O–H groups in total. The van der Waals surface area contributed by atoms with Crippen LogP contribution in [0.15, 0.2) is 271 Å². The van der Waals surface area contributed by atoms with E-state index in [0.717, 1.165) is 83.1 Å². The Morgan fingerprint density at radius 2 is 0.671 bits per heavy atom. The quantitative estimate of drug-likeness (QED) is 0.0678. The topological polar surface area (TPSA) is 264 Å². The van der Waals surface area contributed by atoms with Crippen molar-refractivity contribution < 1.29 is 81.7 Å².